The van der Waals surface area contributed by atoms with Crippen LogP contribution in [0, 0.1) is 12.7 Å². The molecule has 0 saturated carbocycles. The van der Waals surface area contributed by atoms with Crippen molar-refractivity contribution in [2.75, 3.05) is 18.0 Å². The Bertz CT molecular complexity index is 823. The molecular formula is C19H18ClFN2O2. The molecule has 2 aromatic carbocycles. The van der Waals surface area contributed by atoms with Gasteiger partial charge in [-0.25, -0.2) is 4.39 Å². The van der Waals surface area contributed by atoms with Crippen molar-refractivity contribution in [2.45, 2.75) is 19.9 Å². The number of rotatable bonds is 2. The highest BCUT2D eigenvalue weighted by Gasteiger charge is 2.34. The summed E-state index contributed by atoms with van der Waals surface area (Å²) in [6.07, 6.45) is 0. The number of amides is 2. The number of halogens is 2. The zero-order chi connectivity index (χ0) is 18.1. The largest absolute Gasteiger partial charge is 0.325 e. The number of carbonyl (C=O) groups is 2. The highest BCUT2D eigenvalue weighted by atomic mass is 35.5. The monoisotopic (exact) mass is 360 g/mol. The van der Waals surface area contributed by atoms with E-state index in [0.717, 1.165) is 5.69 Å². The smallest absolute Gasteiger partial charge is 0.254 e. The van der Waals surface area contributed by atoms with Crippen molar-refractivity contribution in [3.63, 3.8) is 0 Å². The first-order valence-electron chi connectivity index (χ1n) is 8.00. The number of anilines is 1. The van der Waals surface area contributed by atoms with Crippen molar-refractivity contribution in [1.82, 2.24) is 4.90 Å². The van der Waals surface area contributed by atoms with Crippen LogP contribution in [0.15, 0.2) is 42.5 Å². The highest BCUT2D eigenvalue weighted by Crippen LogP contribution is 2.24. The van der Waals surface area contributed by atoms with Crippen LogP contribution in [0.25, 0.3) is 0 Å². The summed E-state index contributed by atoms with van der Waals surface area (Å²) in [4.78, 5) is 28.5. The first-order chi connectivity index (χ1) is 11.9. The predicted octanol–water partition coefficient (Wildman–Crippen LogP) is 3.67. The van der Waals surface area contributed by atoms with Crippen molar-refractivity contribution < 1.29 is 14.0 Å². The molecule has 0 N–H and O–H groups in total. The van der Waals surface area contributed by atoms with Gasteiger partial charge < -0.3 is 9.80 Å². The van der Waals surface area contributed by atoms with Crippen LogP contribution in [0.2, 0.25) is 5.02 Å². The highest BCUT2D eigenvalue weighted by molar-refractivity contribution is 6.30. The van der Waals surface area contributed by atoms with Gasteiger partial charge in [-0.1, -0.05) is 11.6 Å². The first kappa shape index (κ1) is 17.4. The van der Waals surface area contributed by atoms with E-state index in [2.05, 4.69) is 0 Å². The number of hydrogen-bond acceptors (Lipinski definition) is 2. The molecule has 2 amide bonds. The van der Waals surface area contributed by atoms with Gasteiger partial charge in [-0.05, 0) is 61.9 Å². The molecule has 0 radical (unpaired) electrons. The summed E-state index contributed by atoms with van der Waals surface area (Å²) in [5.41, 5.74) is 1.73. The summed E-state index contributed by atoms with van der Waals surface area (Å²) in [5.74, 6) is -0.798. The van der Waals surface area contributed by atoms with Crippen molar-refractivity contribution in [3.05, 3.63) is 64.4 Å². The normalized spacial score (nSPS) is 17.8. The molecule has 0 unspecified atom stereocenters. The van der Waals surface area contributed by atoms with Gasteiger partial charge in [0.2, 0.25) is 5.91 Å². The van der Waals surface area contributed by atoms with Crippen molar-refractivity contribution in [2.24, 2.45) is 0 Å². The second-order valence-electron chi connectivity index (χ2n) is 6.22. The molecule has 1 atom stereocenters. The fourth-order valence-electron chi connectivity index (χ4n) is 3.02. The molecule has 3 rings (SSSR count). The standard InChI is InChI=1S/C19H18ClFN2O2/c1-12-9-15(21)5-8-17(12)19(25)22-11-18(24)23(10-13(22)2)16-6-3-14(20)4-7-16/h3-9,13H,10-11H2,1-2H3/t13-/m0/s1. The lowest BCUT2D eigenvalue weighted by Crippen LogP contribution is -2.57. The van der Waals surface area contributed by atoms with Gasteiger partial charge in [0.25, 0.3) is 5.91 Å². The minimum absolute atomic E-state index is 0.0144. The van der Waals surface area contributed by atoms with Gasteiger partial charge in [0.05, 0.1) is 0 Å². The Hall–Kier alpha value is -2.40. The lowest BCUT2D eigenvalue weighted by atomic mass is 10.0. The first-order valence-corrected chi connectivity index (χ1v) is 8.37. The Morgan fingerprint density at radius 3 is 2.52 bits per heavy atom. The molecule has 0 aliphatic carbocycles. The van der Waals surface area contributed by atoms with E-state index in [9.17, 15) is 14.0 Å². The minimum Gasteiger partial charge on any atom is -0.325 e. The Morgan fingerprint density at radius 2 is 1.88 bits per heavy atom. The summed E-state index contributed by atoms with van der Waals surface area (Å²) >= 11 is 5.89. The molecule has 4 nitrogen and oxygen atoms in total. The van der Waals surface area contributed by atoms with Crippen LogP contribution < -0.4 is 4.90 Å². The zero-order valence-corrected chi connectivity index (χ0v) is 14.8. The van der Waals surface area contributed by atoms with E-state index in [1.165, 1.54) is 23.1 Å². The number of benzene rings is 2. The third-order valence-electron chi connectivity index (χ3n) is 4.40. The van der Waals surface area contributed by atoms with Crippen molar-refractivity contribution in [3.8, 4) is 0 Å². The summed E-state index contributed by atoms with van der Waals surface area (Å²) in [6.45, 7) is 3.96. The molecule has 1 fully saturated rings. The molecule has 0 bridgehead atoms. The maximum Gasteiger partial charge on any atom is 0.254 e. The van der Waals surface area contributed by atoms with E-state index in [4.69, 9.17) is 11.6 Å². The predicted molar refractivity (Wildman–Crippen MR) is 95.4 cm³/mol. The van der Waals surface area contributed by atoms with Gasteiger partial charge in [-0.2, -0.15) is 0 Å². The summed E-state index contributed by atoms with van der Waals surface area (Å²) in [5, 5.41) is 0.602. The summed E-state index contributed by atoms with van der Waals surface area (Å²) in [7, 11) is 0. The molecule has 0 aromatic heterocycles. The van der Waals surface area contributed by atoms with Gasteiger partial charge in [-0.3, -0.25) is 9.59 Å². The fourth-order valence-corrected chi connectivity index (χ4v) is 3.14. The quantitative estimate of drug-likeness (QED) is 0.820. The number of hydrogen-bond donors (Lipinski definition) is 0. The zero-order valence-electron chi connectivity index (χ0n) is 14.0. The molecule has 1 aliphatic rings. The van der Waals surface area contributed by atoms with Gasteiger partial charge in [0.15, 0.2) is 0 Å². The maximum atomic E-state index is 13.3. The third kappa shape index (κ3) is 3.51. The minimum atomic E-state index is -0.384. The number of aryl methyl sites for hydroxylation is 1. The number of nitrogens with zero attached hydrogens (tertiary/aromatic N) is 2. The lowest BCUT2D eigenvalue weighted by Gasteiger charge is -2.39. The van der Waals surface area contributed by atoms with Crippen molar-refractivity contribution >= 4 is 29.1 Å². The SMILES string of the molecule is Cc1cc(F)ccc1C(=O)N1CC(=O)N(c2ccc(Cl)cc2)C[C@@H]1C. The summed E-state index contributed by atoms with van der Waals surface area (Å²) < 4.78 is 13.3. The molecule has 1 aliphatic heterocycles. The molecule has 25 heavy (non-hydrogen) atoms. The van der Waals surface area contributed by atoms with E-state index in [0.29, 0.717) is 22.7 Å². The molecule has 130 valence electrons. The van der Waals surface area contributed by atoms with Gasteiger partial charge in [0.1, 0.15) is 12.4 Å². The van der Waals surface area contributed by atoms with Crippen LogP contribution in [0.4, 0.5) is 10.1 Å². The van der Waals surface area contributed by atoms with E-state index in [-0.39, 0.29) is 30.2 Å². The van der Waals surface area contributed by atoms with Crippen LogP contribution >= 0.6 is 11.6 Å². The van der Waals surface area contributed by atoms with E-state index < -0.39 is 0 Å². The average molecular weight is 361 g/mol. The number of carbonyl (C=O) groups excluding carboxylic acids is 2. The molecule has 6 heteroatoms. The molecule has 1 saturated heterocycles. The van der Waals surface area contributed by atoms with E-state index >= 15 is 0 Å². The third-order valence-corrected chi connectivity index (χ3v) is 4.66. The Kier molecular flexibility index (Phi) is 4.77. The van der Waals surface area contributed by atoms with Gasteiger partial charge in [0, 0.05) is 28.9 Å². The number of piperazine rings is 1. The Morgan fingerprint density at radius 1 is 1.20 bits per heavy atom. The van der Waals surface area contributed by atoms with Crippen LogP contribution in [-0.2, 0) is 4.79 Å². The van der Waals surface area contributed by atoms with Gasteiger partial charge in [-0.15, -0.1) is 0 Å². The topological polar surface area (TPSA) is 40.6 Å². The second-order valence-corrected chi connectivity index (χ2v) is 6.66. The maximum absolute atomic E-state index is 13.3. The fraction of sp³-hybridized carbons (Fsp3) is 0.263. The van der Waals surface area contributed by atoms with Crippen LogP contribution in [0.1, 0.15) is 22.8 Å². The Balaban J connectivity index is 1.81. The van der Waals surface area contributed by atoms with Crippen molar-refractivity contribution in [1.29, 1.82) is 0 Å². The molecular weight excluding hydrogens is 343 g/mol. The Labute approximate surface area is 150 Å². The molecule has 2 aromatic rings. The van der Waals surface area contributed by atoms with E-state index in [1.807, 2.05) is 6.92 Å². The van der Waals surface area contributed by atoms with E-state index in [1.54, 1.807) is 36.1 Å². The molecule has 1 heterocycles. The average Bonchev–Trinajstić information content (AvgIpc) is 2.57. The lowest BCUT2D eigenvalue weighted by molar-refractivity contribution is -0.121. The second kappa shape index (κ2) is 6.84. The van der Waals surface area contributed by atoms with Crippen LogP contribution in [-0.4, -0.2) is 35.8 Å². The van der Waals surface area contributed by atoms with Gasteiger partial charge >= 0.3 is 0 Å². The van der Waals surface area contributed by atoms with Crippen LogP contribution in [0.5, 0.6) is 0 Å². The van der Waals surface area contributed by atoms with Crippen LogP contribution in [0.3, 0.4) is 0 Å². The molecule has 0 spiro atoms. The summed E-state index contributed by atoms with van der Waals surface area (Å²) in [6, 6.07) is 10.9.